The molecule has 0 bridgehead atoms. The molecule has 1 aromatic rings. The average Bonchev–Trinajstić information content (AvgIpc) is 2.80. The minimum atomic E-state index is -0.989. The second-order valence-corrected chi connectivity index (χ2v) is 4.86. The summed E-state index contributed by atoms with van der Waals surface area (Å²) >= 11 is 0. The number of nitrogens with zero attached hydrogens (tertiary/aromatic N) is 2. The van der Waals surface area contributed by atoms with Crippen LogP contribution in [0.2, 0.25) is 0 Å². The molecule has 0 aromatic carbocycles. The molecule has 7 nitrogen and oxygen atoms in total. The molecule has 1 aromatic heterocycles. The van der Waals surface area contributed by atoms with Crippen molar-refractivity contribution in [3.05, 3.63) is 17.8 Å². The summed E-state index contributed by atoms with van der Waals surface area (Å²) in [6.45, 7) is 0.145. The van der Waals surface area contributed by atoms with E-state index in [9.17, 15) is 14.4 Å². The van der Waals surface area contributed by atoms with Crippen molar-refractivity contribution in [3.8, 4) is 5.75 Å². The summed E-state index contributed by atoms with van der Waals surface area (Å²) < 4.78 is 5.23. The van der Waals surface area contributed by atoms with Gasteiger partial charge in [0.05, 0.1) is 18.0 Å². The van der Waals surface area contributed by atoms with E-state index in [-0.39, 0.29) is 37.7 Å². The lowest BCUT2D eigenvalue weighted by atomic mass is 10.1. The molecule has 2 aliphatic heterocycles. The maximum absolute atomic E-state index is 11.8. The number of pyridine rings is 1. The molecule has 1 fully saturated rings. The number of aromatic nitrogens is 1. The quantitative estimate of drug-likeness (QED) is 0.818. The first kappa shape index (κ1) is 12.6. The van der Waals surface area contributed by atoms with Crippen LogP contribution in [0.5, 0.6) is 5.75 Å². The highest BCUT2D eigenvalue weighted by molar-refractivity contribution is 5.98. The van der Waals surface area contributed by atoms with Crippen LogP contribution < -0.4 is 9.64 Å². The number of carbonyl (C=O) groups is 3. The molecule has 104 valence electrons. The molecule has 0 radical (unpaired) electrons. The van der Waals surface area contributed by atoms with E-state index < -0.39 is 11.9 Å². The van der Waals surface area contributed by atoms with E-state index in [1.165, 1.54) is 4.90 Å². The lowest BCUT2D eigenvalue weighted by Crippen LogP contribution is -2.28. The zero-order valence-electron chi connectivity index (χ0n) is 10.5. The van der Waals surface area contributed by atoms with Crippen molar-refractivity contribution >= 4 is 23.5 Å². The van der Waals surface area contributed by atoms with Gasteiger partial charge in [0.25, 0.3) is 0 Å². The minimum absolute atomic E-state index is 0.0243. The van der Waals surface area contributed by atoms with Gasteiger partial charge >= 0.3 is 5.97 Å². The Kier molecular flexibility index (Phi) is 2.89. The second kappa shape index (κ2) is 4.59. The third kappa shape index (κ3) is 2.11. The van der Waals surface area contributed by atoms with E-state index in [0.717, 1.165) is 0 Å². The molecule has 1 unspecified atom stereocenters. The molecule has 3 heterocycles. The molecule has 2 aliphatic rings. The van der Waals surface area contributed by atoms with E-state index in [4.69, 9.17) is 9.84 Å². The number of aliphatic carboxylic acids is 1. The Labute approximate surface area is 114 Å². The first-order chi connectivity index (χ1) is 9.54. The average molecular weight is 276 g/mol. The normalized spacial score (nSPS) is 21.6. The maximum Gasteiger partial charge on any atom is 0.308 e. The molecule has 20 heavy (non-hydrogen) atoms. The van der Waals surface area contributed by atoms with Gasteiger partial charge in [-0.1, -0.05) is 0 Å². The fourth-order valence-corrected chi connectivity index (χ4v) is 2.38. The van der Waals surface area contributed by atoms with Crippen LogP contribution in [0.4, 0.5) is 5.82 Å². The predicted octanol–water partition coefficient (Wildman–Crippen LogP) is 0.0231. The first-order valence-corrected chi connectivity index (χ1v) is 6.22. The van der Waals surface area contributed by atoms with Gasteiger partial charge < -0.3 is 9.84 Å². The van der Waals surface area contributed by atoms with Crippen LogP contribution in [-0.4, -0.2) is 40.9 Å². The standard InChI is InChI=1S/C13H12N2O5/c16-8-4-9-10(20-6-8)1-2-11(14-9)15-5-7(13(18)19)3-12(15)17/h1-2,7H,3-6H2,(H,18,19). The topological polar surface area (TPSA) is 96.8 Å². The van der Waals surface area contributed by atoms with Crippen LogP contribution in [0, 0.1) is 5.92 Å². The second-order valence-electron chi connectivity index (χ2n) is 4.86. The molecular weight excluding hydrogens is 264 g/mol. The Morgan fingerprint density at radius 1 is 1.40 bits per heavy atom. The molecule has 7 heteroatoms. The largest absolute Gasteiger partial charge is 0.484 e. The number of rotatable bonds is 2. The zero-order chi connectivity index (χ0) is 14.3. The van der Waals surface area contributed by atoms with Crippen molar-refractivity contribution in [2.45, 2.75) is 12.8 Å². The van der Waals surface area contributed by atoms with E-state index in [0.29, 0.717) is 17.3 Å². The van der Waals surface area contributed by atoms with Gasteiger partial charge in [0.1, 0.15) is 18.2 Å². The summed E-state index contributed by atoms with van der Waals surface area (Å²) in [5.41, 5.74) is 0.491. The number of anilines is 1. The zero-order valence-corrected chi connectivity index (χ0v) is 10.5. The number of Topliss-reactive ketones (excluding diaryl/α,β-unsaturated/α-hetero) is 1. The predicted molar refractivity (Wildman–Crippen MR) is 66.5 cm³/mol. The molecule has 1 N–H and O–H groups in total. The Morgan fingerprint density at radius 3 is 2.90 bits per heavy atom. The molecule has 1 amide bonds. The summed E-state index contributed by atoms with van der Waals surface area (Å²) in [7, 11) is 0. The van der Waals surface area contributed by atoms with Crippen LogP contribution in [-0.2, 0) is 20.8 Å². The highest BCUT2D eigenvalue weighted by Crippen LogP contribution is 2.28. The summed E-state index contributed by atoms with van der Waals surface area (Å²) in [5.74, 6) is -1.13. The van der Waals surface area contributed by atoms with Gasteiger partial charge in [-0.25, -0.2) is 4.98 Å². The SMILES string of the molecule is O=C1COc2ccc(N3CC(C(=O)O)CC3=O)nc2C1. The van der Waals surface area contributed by atoms with E-state index in [1.54, 1.807) is 12.1 Å². The maximum atomic E-state index is 11.8. The highest BCUT2D eigenvalue weighted by atomic mass is 16.5. The number of hydrogen-bond acceptors (Lipinski definition) is 5. The van der Waals surface area contributed by atoms with Gasteiger partial charge in [-0.3, -0.25) is 19.3 Å². The number of carbonyl (C=O) groups excluding carboxylic acids is 2. The van der Waals surface area contributed by atoms with Crippen molar-refractivity contribution in [2.24, 2.45) is 5.92 Å². The number of ketones is 1. The van der Waals surface area contributed by atoms with Gasteiger partial charge in [0, 0.05) is 13.0 Å². The van der Waals surface area contributed by atoms with Crippen molar-refractivity contribution in [1.82, 2.24) is 4.98 Å². The van der Waals surface area contributed by atoms with Gasteiger partial charge in [-0.05, 0) is 12.1 Å². The van der Waals surface area contributed by atoms with Gasteiger partial charge in [-0.2, -0.15) is 0 Å². The fraction of sp³-hybridized carbons (Fsp3) is 0.385. The van der Waals surface area contributed by atoms with Crippen LogP contribution >= 0.6 is 0 Å². The van der Waals surface area contributed by atoms with Gasteiger partial charge in [-0.15, -0.1) is 0 Å². The number of fused-ring (bicyclic) bond motifs is 1. The molecule has 1 atom stereocenters. The summed E-state index contributed by atoms with van der Waals surface area (Å²) in [4.78, 5) is 39.7. The summed E-state index contributed by atoms with van der Waals surface area (Å²) in [6.07, 6.45) is 0.150. The van der Waals surface area contributed by atoms with E-state index in [1.807, 2.05) is 0 Å². The van der Waals surface area contributed by atoms with Crippen molar-refractivity contribution in [3.63, 3.8) is 0 Å². The molecule has 3 rings (SSSR count). The third-order valence-corrected chi connectivity index (χ3v) is 3.42. The Hall–Kier alpha value is -2.44. The number of carboxylic acid groups (broad SMARTS) is 1. The number of amides is 1. The molecule has 1 saturated heterocycles. The molecule has 0 saturated carbocycles. The summed E-state index contributed by atoms with van der Waals surface area (Å²) in [6, 6.07) is 3.27. The lowest BCUT2D eigenvalue weighted by Gasteiger charge is -2.20. The van der Waals surface area contributed by atoms with Crippen molar-refractivity contribution in [2.75, 3.05) is 18.1 Å². The Morgan fingerprint density at radius 2 is 2.20 bits per heavy atom. The molecule has 0 spiro atoms. The smallest absolute Gasteiger partial charge is 0.308 e. The molecular formula is C13H12N2O5. The first-order valence-electron chi connectivity index (χ1n) is 6.22. The number of carboxylic acids is 1. The highest BCUT2D eigenvalue weighted by Gasteiger charge is 2.36. The van der Waals surface area contributed by atoms with Crippen LogP contribution in [0.1, 0.15) is 12.1 Å². The fourth-order valence-electron chi connectivity index (χ4n) is 2.38. The van der Waals surface area contributed by atoms with Gasteiger partial charge in [0.2, 0.25) is 5.91 Å². The van der Waals surface area contributed by atoms with Crippen LogP contribution in [0.3, 0.4) is 0 Å². The minimum Gasteiger partial charge on any atom is -0.484 e. The number of ether oxygens (including phenoxy) is 1. The van der Waals surface area contributed by atoms with Crippen molar-refractivity contribution in [1.29, 1.82) is 0 Å². The summed E-state index contributed by atoms with van der Waals surface area (Å²) in [5, 5.41) is 8.96. The van der Waals surface area contributed by atoms with E-state index >= 15 is 0 Å². The van der Waals surface area contributed by atoms with Crippen molar-refractivity contribution < 1.29 is 24.2 Å². The van der Waals surface area contributed by atoms with Gasteiger partial charge in [0.15, 0.2) is 5.78 Å². The third-order valence-electron chi connectivity index (χ3n) is 3.42. The molecule has 0 aliphatic carbocycles. The van der Waals surface area contributed by atoms with Crippen LogP contribution in [0.15, 0.2) is 12.1 Å². The Balaban J connectivity index is 1.88. The Bertz CT molecular complexity index is 613. The van der Waals surface area contributed by atoms with E-state index in [2.05, 4.69) is 4.98 Å². The van der Waals surface area contributed by atoms with Crippen LogP contribution in [0.25, 0.3) is 0 Å². The monoisotopic (exact) mass is 276 g/mol. The number of hydrogen-bond donors (Lipinski definition) is 1. The lowest BCUT2D eigenvalue weighted by molar-refractivity contribution is -0.141.